The van der Waals surface area contributed by atoms with Gasteiger partial charge >= 0.3 is 0 Å². The van der Waals surface area contributed by atoms with Crippen molar-refractivity contribution in [3.63, 3.8) is 0 Å². The largest absolute Gasteiger partial charge is 0.388 e. The summed E-state index contributed by atoms with van der Waals surface area (Å²) in [7, 11) is 0. The first kappa shape index (κ1) is 11.9. The molecule has 1 aromatic heterocycles. The van der Waals surface area contributed by atoms with E-state index >= 15 is 0 Å². The van der Waals surface area contributed by atoms with Gasteiger partial charge in [0.15, 0.2) is 0 Å². The highest BCUT2D eigenvalue weighted by molar-refractivity contribution is 5.60. The van der Waals surface area contributed by atoms with Gasteiger partial charge in [-0.05, 0) is 39.2 Å². The Balaban J connectivity index is 2.17. The van der Waals surface area contributed by atoms with Crippen LogP contribution >= 0.6 is 0 Å². The van der Waals surface area contributed by atoms with Crippen molar-refractivity contribution >= 4 is 5.69 Å². The summed E-state index contributed by atoms with van der Waals surface area (Å²) in [6, 6.07) is 4.01. The van der Waals surface area contributed by atoms with E-state index in [1.54, 1.807) is 0 Å². The number of nitrogens with zero attached hydrogens (tertiary/aromatic N) is 2. The highest BCUT2D eigenvalue weighted by atomic mass is 16.3. The molecular weight excluding hydrogens is 214 g/mol. The monoisotopic (exact) mass is 231 g/mol. The van der Waals surface area contributed by atoms with Crippen molar-refractivity contribution in [3.05, 3.63) is 23.0 Å². The average molecular weight is 231 g/mol. The molecule has 1 heterocycles. The lowest BCUT2D eigenvalue weighted by Gasteiger charge is -2.37. The molecule has 17 heavy (non-hydrogen) atoms. The van der Waals surface area contributed by atoms with Gasteiger partial charge in [0.05, 0.1) is 22.5 Å². The van der Waals surface area contributed by atoms with Gasteiger partial charge in [0.1, 0.15) is 6.07 Å². The second kappa shape index (κ2) is 4.34. The number of hydrogen-bond donors (Lipinski definition) is 2. The van der Waals surface area contributed by atoms with Gasteiger partial charge in [-0.1, -0.05) is 0 Å². The molecule has 0 aromatic carbocycles. The van der Waals surface area contributed by atoms with Gasteiger partial charge in [0.25, 0.3) is 0 Å². The molecule has 2 N–H and O–H groups in total. The van der Waals surface area contributed by atoms with Crippen LogP contribution in [0.2, 0.25) is 0 Å². The molecule has 90 valence electrons. The van der Waals surface area contributed by atoms with Crippen LogP contribution in [0.4, 0.5) is 5.69 Å². The molecule has 0 bridgehead atoms. The van der Waals surface area contributed by atoms with Crippen molar-refractivity contribution < 1.29 is 5.11 Å². The number of rotatable bonds is 3. The molecule has 2 rings (SSSR count). The maximum absolute atomic E-state index is 10.0. The zero-order valence-corrected chi connectivity index (χ0v) is 10.2. The predicted molar refractivity (Wildman–Crippen MR) is 65.7 cm³/mol. The maximum Gasteiger partial charge on any atom is 0.103 e. The summed E-state index contributed by atoms with van der Waals surface area (Å²) >= 11 is 0. The lowest BCUT2D eigenvalue weighted by atomic mass is 9.80. The van der Waals surface area contributed by atoms with Crippen LogP contribution in [0.15, 0.2) is 6.07 Å². The Bertz CT molecular complexity index is 472. The van der Waals surface area contributed by atoms with Gasteiger partial charge in [-0.25, -0.2) is 0 Å². The average Bonchev–Trinajstić information content (AvgIpc) is 2.23. The number of aryl methyl sites for hydroxylation is 2. The van der Waals surface area contributed by atoms with Crippen LogP contribution in [0.5, 0.6) is 0 Å². The molecule has 0 saturated heterocycles. The van der Waals surface area contributed by atoms with Crippen LogP contribution in [-0.2, 0) is 0 Å². The van der Waals surface area contributed by atoms with Gasteiger partial charge in [0, 0.05) is 12.2 Å². The smallest absolute Gasteiger partial charge is 0.103 e. The van der Waals surface area contributed by atoms with Crippen molar-refractivity contribution in [1.29, 1.82) is 5.26 Å². The molecule has 0 spiro atoms. The van der Waals surface area contributed by atoms with E-state index in [4.69, 9.17) is 5.26 Å². The van der Waals surface area contributed by atoms with Crippen LogP contribution in [0, 0.1) is 25.2 Å². The van der Waals surface area contributed by atoms with Crippen molar-refractivity contribution in [3.8, 4) is 6.07 Å². The van der Waals surface area contributed by atoms with E-state index < -0.39 is 5.60 Å². The molecule has 0 radical (unpaired) electrons. The van der Waals surface area contributed by atoms with E-state index in [0.717, 1.165) is 36.3 Å². The molecule has 1 fully saturated rings. The van der Waals surface area contributed by atoms with Crippen molar-refractivity contribution in [2.24, 2.45) is 0 Å². The number of anilines is 1. The number of nitriles is 1. The molecule has 1 saturated carbocycles. The lowest BCUT2D eigenvalue weighted by Crippen LogP contribution is -2.43. The van der Waals surface area contributed by atoms with Crippen LogP contribution in [0.3, 0.4) is 0 Å². The fourth-order valence-corrected chi connectivity index (χ4v) is 2.13. The highest BCUT2D eigenvalue weighted by Gasteiger charge is 2.34. The fourth-order valence-electron chi connectivity index (χ4n) is 2.13. The topological polar surface area (TPSA) is 68.9 Å². The van der Waals surface area contributed by atoms with Crippen molar-refractivity contribution in [2.75, 3.05) is 11.9 Å². The van der Waals surface area contributed by atoms with E-state index in [1.807, 2.05) is 19.9 Å². The minimum absolute atomic E-state index is 0.505. The van der Waals surface area contributed by atoms with Crippen LogP contribution in [0.25, 0.3) is 0 Å². The Morgan fingerprint density at radius 3 is 2.76 bits per heavy atom. The SMILES string of the molecule is Cc1cc(NCC2(O)CCC2)c(C#N)c(C)n1. The molecule has 4 nitrogen and oxygen atoms in total. The molecule has 1 aliphatic carbocycles. The highest BCUT2D eigenvalue weighted by Crippen LogP contribution is 2.32. The van der Waals surface area contributed by atoms with Gasteiger partial charge < -0.3 is 10.4 Å². The first-order valence-electron chi connectivity index (χ1n) is 5.89. The number of pyridine rings is 1. The van der Waals surface area contributed by atoms with Gasteiger partial charge in [-0.3, -0.25) is 4.98 Å². The van der Waals surface area contributed by atoms with E-state index in [0.29, 0.717) is 12.1 Å². The first-order chi connectivity index (χ1) is 8.04. The van der Waals surface area contributed by atoms with Crippen LogP contribution < -0.4 is 5.32 Å². The quantitative estimate of drug-likeness (QED) is 0.833. The Hall–Kier alpha value is -1.60. The summed E-state index contributed by atoms with van der Waals surface area (Å²) in [5.74, 6) is 0. The number of aromatic nitrogens is 1. The van der Waals surface area contributed by atoms with E-state index in [1.165, 1.54) is 0 Å². The number of nitrogens with one attached hydrogen (secondary N) is 1. The fraction of sp³-hybridized carbons (Fsp3) is 0.538. The Kier molecular flexibility index (Phi) is 3.03. The van der Waals surface area contributed by atoms with E-state index in [-0.39, 0.29) is 0 Å². The predicted octanol–water partition coefficient (Wildman–Crippen LogP) is 1.90. The minimum atomic E-state index is -0.586. The molecule has 0 atom stereocenters. The molecule has 0 amide bonds. The summed E-state index contributed by atoms with van der Waals surface area (Å²) < 4.78 is 0. The van der Waals surface area contributed by atoms with E-state index in [2.05, 4.69) is 16.4 Å². The van der Waals surface area contributed by atoms with Crippen molar-refractivity contribution in [1.82, 2.24) is 4.98 Å². The maximum atomic E-state index is 10.0. The van der Waals surface area contributed by atoms with Gasteiger partial charge in [0.2, 0.25) is 0 Å². The first-order valence-corrected chi connectivity index (χ1v) is 5.89. The molecule has 1 aromatic rings. The Morgan fingerprint density at radius 1 is 1.53 bits per heavy atom. The summed E-state index contributed by atoms with van der Waals surface area (Å²) in [5.41, 5.74) is 2.37. The van der Waals surface area contributed by atoms with Gasteiger partial charge in [-0.2, -0.15) is 5.26 Å². The Morgan fingerprint density at radius 2 is 2.24 bits per heavy atom. The Labute approximate surface area is 101 Å². The number of hydrogen-bond acceptors (Lipinski definition) is 4. The number of aliphatic hydroxyl groups is 1. The molecule has 1 aliphatic rings. The molecular formula is C13H17N3O. The second-order valence-corrected chi connectivity index (χ2v) is 4.81. The molecule has 4 heteroatoms. The summed E-state index contributed by atoms with van der Waals surface area (Å²) in [4.78, 5) is 4.26. The summed E-state index contributed by atoms with van der Waals surface area (Å²) in [6.07, 6.45) is 2.76. The lowest BCUT2D eigenvalue weighted by molar-refractivity contribution is -0.0202. The normalized spacial score (nSPS) is 17.1. The minimum Gasteiger partial charge on any atom is -0.388 e. The second-order valence-electron chi connectivity index (χ2n) is 4.81. The zero-order valence-electron chi connectivity index (χ0n) is 10.2. The molecule has 0 aliphatic heterocycles. The standard InChI is InChI=1S/C13H17N3O/c1-9-6-12(11(7-14)10(2)16-9)15-8-13(17)4-3-5-13/h6,17H,3-5,8H2,1-2H3,(H,15,16). The third-order valence-electron chi connectivity index (χ3n) is 3.33. The molecule has 0 unspecified atom stereocenters. The third kappa shape index (κ3) is 2.40. The summed E-state index contributed by atoms with van der Waals surface area (Å²) in [5, 5.41) is 22.3. The van der Waals surface area contributed by atoms with Crippen LogP contribution in [-0.4, -0.2) is 22.2 Å². The summed E-state index contributed by atoms with van der Waals surface area (Å²) in [6.45, 7) is 4.23. The zero-order chi connectivity index (χ0) is 12.5. The van der Waals surface area contributed by atoms with Crippen LogP contribution in [0.1, 0.15) is 36.2 Å². The van der Waals surface area contributed by atoms with E-state index in [9.17, 15) is 5.11 Å². The third-order valence-corrected chi connectivity index (χ3v) is 3.33. The van der Waals surface area contributed by atoms with Gasteiger partial charge in [-0.15, -0.1) is 0 Å². The van der Waals surface area contributed by atoms with Crippen molar-refractivity contribution in [2.45, 2.75) is 38.7 Å².